The Hall–Kier alpha value is -4.46. The van der Waals surface area contributed by atoms with Crippen molar-refractivity contribution in [2.24, 2.45) is 0 Å². The smallest absolute Gasteiger partial charge is 0.256 e. The van der Waals surface area contributed by atoms with Crippen molar-refractivity contribution in [3.63, 3.8) is 0 Å². The first-order chi connectivity index (χ1) is 18.4. The van der Waals surface area contributed by atoms with Crippen LogP contribution in [0.5, 0.6) is 17.2 Å². The highest BCUT2D eigenvalue weighted by atomic mass is 19.1. The van der Waals surface area contributed by atoms with E-state index >= 15 is 0 Å². The molecule has 1 aliphatic heterocycles. The van der Waals surface area contributed by atoms with Gasteiger partial charge in [0.05, 0.1) is 56.9 Å². The Kier molecular flexibility index (Phi) is 6.96. The van der Waals surface area contributed by atoms with E-state index in [1.54, 1.807) is 44.4 Å². The van der Waals surface area contributed by atoms with Crippen molar-refractivity contribution in [3.05, 3.63) is 106 Å². The fourth-order valence-electron chi connectivity index (χ4n) is 4.73. The Morgan fingerprint density at radius 3 is 2.16 bits per heavy atom. The van der Waals surface area contributed by atoms with E-state index in [0.717, 1.165) is 11.1 Å². The number of amides is 1. The molecule has 1 aromatic heterocycles. The average molecular weight is 517 g/mol. The Labute approximate surface area is 219 Å². The molecule has 4 aromatic rings. The van der Waals surface area contributed by atoms with Gasteiger partial charge in [0.15, 0.2) is 0 Å². The van der Waals surface area contributed by atoms with Crippen LogP contribution in [-0.4, -0.2) is 37.1 Å². The molecule has 1 amide bonds. The van der Waals surface area contributed by atoms with Gasteiger partial charge in [-0.25, -0.2) is 13.8 Å². The molecule has 1 aliphatic rings. The lowest BCUT2D eigenvalue weighted by molar-refractivity contribution is 0.0764. The minimum absolute atomic E-state index is 0.152. The quantitative estimate of drug-likeness (QED) is 0.296. The number of ether oxygens (including phenoxy) is 3. The van der Waals surface area contributed by atoms with Gasteiger partial charge in [-0.1, -0.05) is 18.2 Å². The summed E-state index contributed by atoms with van der Waals surface area (Å²) in [7, 11) is 4.72. The molecule has 0 saturated heterocycles. The lowest BCUT2D eigenvalue weighted by atomic mass is 9.97. The Morgan fingerprint density at radius 2 is 1.50 bits per heavy atom. The van der Waals surface area contributed by atoms with Gasteiger partial charge in [-0.15, -0.1) is 0 Å². The topological polar surface area (TPSA) is 60.9 Å². The van der Waals surface area contributed by atoms with Crippen LogP contribution < -0.4 is 14.2 Å². The maximum Gasteiger partial charge on any atom is 0.256 e. The summed E-state index contributed by atoms with van der Waals surface area (Å²) in [4.78, 5) is 19.9. The number of carbonyl (C=O) groups excluding carboxylic acids is 1. The largest absolute Gasteiger partial charge is 0.497 e. The number of benzene rings is 3. The molecule has 6 nitrogen and oxygen atoms in total. The number of rotatable bonds is 8. The minimum atomic E-state index is -0.711. The van der Waals surface area contributed by atoms with Crippen LogP contribution in [0.1, 0.15) is 32.7 Å². The van der Waals surface area contributed by atoms with E-state index in [9.17, 15) is 13.6 Å². The second-order valence-corrected chi connectivity index (χ2v) is 8.95. The predicted octanol–water partition coefficient (Wildman–Crippen LogP) is 5.80. The molecule has 38 heavy (non-hydrogen) atoms. The van der Waals surface area contributed by atoms with Crippen LogP contribution in [0, 0.1) is 11.6 Å². The van der Waals surface area contributed by atoms with Gasteiger partial charge in [-0.3, -0.25) is 4.79 Å². The zero-order valence-corrected chi connectivity index (χ0v) is 21.3. The number of nitrogens with zero attached hydrogens (tertiary/aromatic N) is 2. The third kappa shape index (κ3) is 4.77. The Bertz CT molecular complexity index is 1490. The molecule has 0 unspecified atom stereocenters. The lowest BCUT2D eigenvalue weighted by Gasteiger charge is -2.18. The normalized spacial score (nSPS) is 12.4. The van der Waals surface area contributed by atoms with Gasteiger partial charge in [0.2, 0.25) is 0 Å². The van der Waals surface area contributed by atoms with Crippen molar-refractivity contribution in [2.75, 3.05) is 21.3 Å². The zero-order valence-electron chi connectivity index (χ0n) is 21.3. The summed E-state index contributed by atoms with van der Waals surface area (Å²) in [5.74, 6) is 0.317. The van der Waals surface area contributed by atoms with Crippen LogP contribution in [0.25, 0.3) is 11.3 Å². The molecule has 0 aliphatic carbocycles. The summed E-state index contributed by atoms with van der Waals surface area (Å²) in [5.41, 5.74) is 3.23. The number of carbonyl (C=O) groups is 1. The molecule has 194 valence electrons. The van der Waals surface area contributed by atoms with E-state index in [-0.39, 0.29) is 30.3 Å². The molecule has 8 heteroatoms. The van der Waals surface area contributed by atoms with Crippen molar-refractivity contribution in [2.45, 2.75) is 19.5 Å². The van der Waals surface area contributed by atoms with Gasteiger partial charge >= 0.3 is 0 Å². The highest BCUT2D eigenvalue weighted by molar-refractivity contribution is 5.99. The molecule has 2 heterocycles. The maximum atomic E-state index is 14.7. The molecule has 5 rings (SSSR count). The summed E-state index contributed by atoms with van der Waals surface area (Å²) in [6, 6.07) is 18.2. The second-order valence-electron chi connectivity index (χ2n) is 8.95. The Balaban J connectivity index is 1.56. The van der Waals surface area contributed by atoms with E-state index in [0.29, 0.717) is 40.5 Å². The van der Waals surface area contributed by atoms with Crippen molar-refractivity contribution >= 4 is 5.91 Å². The summed E-state index contributed by atoms with van der Waals surface area (Å²) >= 11 is 0. The van der Waals surface area contributed by atoms with Crippen LogP contribution in [0.2, 0.25) is 0 Å². The number of fused-ring (bicyclic) bond motifs is 1. The van der Waals surface area contributed by atoms with Gasteiger partial charge in [0.25, 0.3) is 5.91 Å². The first-order valence-electron chi connectivity index (χ1n) is 12.0. The predicted molar refractivity (Wildman–Crippen MR) is 139 cm³/mol. The highest BCUT2D eigenvalue weighted by Crippen LogP contribution is 2.35. The van der Waals surface area contributed by atoms with Gasteiger partial charge in [-0.05, 0) is 60.0 Å². The van der Waals surface area contributed by atoms with Gasteiger partial charge in [0, 0.05) is 11.6 Å². The second kappa shape index (κ2) is 10.5. The van der Waals surface area contributed by atoms with E-state index in [4.69, 9.17) is 14.2 Å². The summed E-state index contributed by atoms with van der Waals surface area (Å²) in [6.07, 6.45) is 0.378. The third-order valence-electron chi connectivity index (χ3n) is 6.65. The van der Waals surface area contributed by atoms with E-state index in [1.165, 1.54) is 18.2 Å². The SMILES string of the molecule is COc1ccc(Cc2cc(-c3c(F)cccc3F)nc3c2C(=O)N(Cc2ccc(OC)cc2OC)C3)cc1. The molecule has 0 N–H and O–H groups in total. The van der Waals surface area contributed by atoms with Crippen LogP contribution >= 0.6 is 0 Å². The monoisotopic (exact) mass is 516 g/mol. The molecule has 0 bridgehead atoms. The standard InChI is InChI=1S/C30H26F2N2O4/c1-36-21-10-7-18(8-11-21)13-20-14-25(29-23(31)5-4-6-24(29)32)33-26-17-34(30(35)28(20)26)16-19-9-12-22(37-2)15-27(19)38-3/h4-12,14-15H,13,16-17H2,1-3H3. The minimum Gasteiger partial charge on any atom is -0.497 e. The molecule has 3 aromatic carbocycles. The fraction of sp³-hybridized carbons (Fsp3) is 0.200. The van der Waals surface area contributed by atoms with E-state index in [2.05, 4.69) is 4.98 Å². The molecule has 0 saturated carbocycles. The fourth-order valence-corrected chi connectivity index (χ4v) is 4.73. The van der Waals surface area contributed by atoms with Crippen LogP contribution in [0.3, 0.4) is 0 Å². The van der Waals surface area contributed by atoms with E-state index < -0.39 is 11.6 Å². The molecule has 0 atom stereocenters. The summed E-state index contributed by atoms with van der Waals surface area (Å²) < 4.78 is 45.5. The number of aromatic nitrogens is 1. The first kappa shape index (κ1) is 25.2. The maximum absolute atomic E-state index is 14.7. The Morgan fingerprint density at radius 1 is 0.816 bits per heavy atom. The molecular formula is C30H26F2N2O4. The number of hydrogen-bond donors (Lipinski definition) is 0. The summed E-state index contributed by atoms with van der Waals surface area (Å²) in [6.45, 7) is 0.469. The van der Waals surface area contributed by atoms with Crippen molar-refractivity contribution in [3.8, 4) is 28.5 Å². The highest BCUT2D eigenvalue weighted by Gasteiger charge is 2.33. The lowest BCUT2D eigenvalue weighted by Crippen LogP contribution is -2.24. The number of methoxy groups -OCH3 is 3. The zero-order chi connectivity index (χ0) is 26.8. The number of hydrogen-bond acceptors (Lipinski definition) is 5. The molecule has 0 spiro atoms. The molecule has 0 fully saturated rings. The van der Waals surface area contributed by atoms with Crippen LogP contribution in [-0.2, 0) is 19.5 Å². The van der Waals surface area contributed by atoms with Crippen molar-refractivity contribution < 1.29 is 27.8 Å². The van der Waals surface area contributed by atoms with Crippen LogP contribution in [0.15, 0.2) is 66.7 Å². The molecular weight excluding hydrogens is 490 g/mol. The van der Waals surface area contributed by atoms with Crippen molar-refractivity contribution in [1.82, 2.24) is 9.88 Å². The number of pyridine rings is 1. The van der Waals surface area contributed by atoms with Gasteiger partial charge in [0.1, 0.15) is 28.9 Å². The van der Waals surface area contributed by atoms with Gasteiger partial charge in [-0.2, -0.15) is 0 Å². The van der Waals surface area contributed by atoms with Gasteiger partial charge < -0.3 is 19.1 Å². The molecule has 0 radical (unpaired) electrons. The number of halogens is 2. The van der Waals surface area contributed by atoms with E-state index in [1.807, 2.05) is 30.3 Å². The average Bonchev–Trinajstić information content (AvgIpc) is 3.24. The third-order valence-corrected chi connectivity index (χ3v) is 6.65. The first-order valence-corrected chi connectivity index (χ1v) is 12.0. The van der Waals surface area contributed by atoms with Crippen molar-refractivity contribution in [1.29, 1.82) is 0 Å². The summed E-state index contributed by atoms with van der Waals surface area (Å²) in [5, 5.41) is 0. The van der Waals surface area contributed by atoms with Crippen LogP contribution in [0.4, 0.5) is 8.78 Å².